The number of aromatic amines is 1. The van der Waals surface area contributed by atoms with Crippen LogP contribution >= 0.6 is 11.8 Å². The summed E-state index contributed by atoms with van der Waals surface area (Å²) in [5.74, 6) is 0.291. The van der Waals surface area contributed by atoms with Crippen molar-refractivity contribution in [2.45, 2.75) is 30.7 Å². The Hall–Kier alpha value is -2.15. The lowest BCUT2D eigenvalue weighted by molar-refractivity contribution is -0.120. The monoisotopic (exact) mass is 334 g/mol. The molecule has 1 heterocycles. The highest BCUT2D eigenvalue weighted by molar-refractivity contribution is 8.00. The van der Waals surface area contributed by atoms with Gasteiger partial charge < -0.3 is 5.32 Å². The fourth-order valence-corrected chi connectivity index (χ4v) is 2.49. The van der Waals surface area contributed by atoms with Crippen molar-refractivity contribution in [2.75, 3.05) is 6.54 Å². The number of thioether (sulfide) groups is 1. The van der Waals surface area contributed by atoms with Crippen molar-refractivity contribution in [1.29, 1.82) is 0 Å². The van der Waals surface area contributed by atoms with Crippen molar-refractivity contribution >= 4 is 29.8 Å². The predicted octanol–water partition coefficient (Wildman–Crippen LogP) is 3.12. The third-order valence-corrected chi connectivity index (χ3v) is 3.95. The molecule has 0 aliphatic rings. The van der Waals surface area contributed by atoms with Crippen LogP contribution in [-0.4, -0.2) is 32.9 Å². The molecule has 0 saturated carbocycles. The van der Waals surface area contributed by atoms with Gasteiger partial charge in [-0.15, -0.1) is 5.10 Å². The number of amides is 1. The maximum atomic E-state index is 12.8. The number of nitrogens with zero attached hydrogens (tertiary/aromatic N) is 2. The van der Waals surface area contributed by atoms with Gasteiger partial charge in [-0.3, -0.25) is 9.89 Å². The zero-order valence-electron chi connectivity index (χ0n) is 13.0. The number of carbonyl (C=O) groups excluding carboxylic acids is 1. The van der Waals surface area contributed by atoms with Crippen molar-refractivity contribution in [3.8, 4) is 0 Å². The smallest absolute Gasteiger partial charge is 0.233 e. The maximum absolute atomic E-state index is 12.8. The van der Waals surface area contributed by atoms with E-state index in [4.69, 9.17) is 0 Å². The van der Waals surface area contributed by atoms with Crippen molar-refractivity contribution in [3.05, 3.63) is 41.5 Å². The Morgan fingerprint density at radius 1 is 1.39 bits per heavy atom. The molecule has 1 aromatic carbocycles. The molecule has 0 aliphatic carbocycles. The fraction of sp³-hybridized carbons (Fsp3) is 0.312. The van der Waals surface area contributed by atoms with Gasteiger partial charge in [0.05, 0.1) is 5.25 Å². The normalized spacial score (nSPS) is 12.5. The molecule has 1 amide bonds. The zero-order chi connectivity index (χ0) is 16.7. The molecule has 1 atom stereocenters. The molecular weight excluding hydrogens is 315 g/mol. The maximum Gasteiger partial charge on any atom is 0.233 e. The highest BCUT2D eigenvalue weighted by atomic mass is 32.2. The van der Waals surface area contributed by atoms with Crippen LogP contribution < -0.4 is 5.32 Å². The summed E-state index contributed by atoms with van der Waals surface area (Å²) in [6.07, 6.45) is 4.47. The van der Waals surface area contributed by atoms with Crippen molar-refractivity contribution in [3.63, 3.8) is 0 Å². The fourth-order valence-electron chi connectivity index (χ4n) is 1.74. The predicted molar refractivity (Wildman–Crippen MR) is 90.3 cm³/mol. The second-order valence-corrected chi connectivity index (χ2v) is 6.25. The van der Waals surface area contributed by atoms with Gasteiger partial charge in [0.25, 0.3) is 0 Å². The van der Waals surface area contributed by atoms with E-state index in [0.717, 1.165) is 12.0 Å². The van der Waals surface area contributed by atoms with Crippen molar-refractivity contribution in [2.24, 2.45) is 0 Å². The standard InChI is InChI=1S/C16H19FN4OS/c1-3-10-18-15(22)11(2)23-16-19-14(20-21-16)9-6-12-4-7-13(17)8-5-12/h4-9,11H,3,10H2,1-2H3,(H,18,22)(H,19,20,21). The molecule has 2 aromatic rings. The summed E-state index contributed by atoms with van der Waals surface area (Å²) >= 11 is 1.30. The Kier molecular flexibility index (Phi) is 6.34. The van der Waals surface area contributed by atoms with Gasteiger partial charge >= 0.3 is 0 Å². The lowest BCUT2D eigenvalue weighted by Crippen LogP contribution is -2.31. The summed E-state index contributed by atoms with van der Waals surface area (Å²) in [5.41, 5.74) is 0.865. The summed E-state index contributed by atoms with van der Waals surface area (Å²) in [6, 6.07) is 6.16. The Balaban J connectivity index is 1.92. The molecule has 1 unspecified atom stereocenters. The van der Waals surface area contributed by atoms with Crippen molar-refractivity contribution < 1.29 is 9.18 Å². The summed E-state index contributed by atoms with van der Waals surface area (Å²) in [6.45, 7) is 4.50. The molecule has 2 N–H and O–H groups in total. The summed E-state index contributed by atoms with van der Waals surface area (Å²) < 4.78 is 12.8. The number of hydrogen-bond acceptors (Lipinski definition) is 4. The average Bonchev–Trinajstić information content (AvgIpc) is 2.99. The Labute approximate surface area is 138 Å². The van der Waals surface area contributed by atoms with Crippen molar-refractivity contribution in [1.82, 2.24) is 20.5 Å². The van der Waals surface area contributed by atoms with E-state index in [-0.39, 0.29) is 17.0 Å². The second kappa shape index (κ2) is 8.47. The minimum absolute atomic E-state index is 0.0231. The van der Waals surface area contributed by atoms with Gasteiger partial charge in [-0.1, -0.05) is 36.9 Å². The Morgan fingerprint density at radius 2 is 2.13 bits per heavy atom. The lowest BCUT2D eigenvalue weighted by atomic mass is 10.2. The minimum Gasteiger partial charge on any atom is -0.355 e. The number of H-pyrrole nitrogens is 1. The van der Waals surface area contributed by atoms with Crippen LogP contribution in [-0.2, 0) is 4.79 Å². The molecule has 0 bridgehead atoms. The zero-order valence-corrected chi connectivity index (χ0v) is 13.9. The highest BCUT2D eigenvalue weighted by Crippen LogP contribution is 2.19. The van der Waals surface area contributed by atoms with Gasteiger partial charge in [0, 0.05) is 6.54 Å². The number of rotatable bonds is 7. The van der Waals surface area contributed by atoms with E-state index in [2.05, 4.69) is 20.5 Å². The van der Waals surface area contributed by atoms with E-state index < -0.39 is 0 Å². The van der Waals surface area contributed by atoms with Crippen LogP contribution in [0.25, 0.3) is 12.2 Å². The van der Waals surface area contributed by atoms with Crippen LogP contribution in [0.15, 0.2) is 29.4 Å². The summed E-state index contributed by atoms with van der Waals surface area (Å²) in [5, 5.41) is 9.98. The summed E-state index contributed by atoms with van der Waals surface area (Å²) in [4.78, 5) is 16.1. The number of aromatic nitrogens is 3. The highest BCUT2D eigenvalue weighted by Gasteiger charge is 2.16. The average molecular weight is 334 g/mol. The molecule has 7 heteroatoms. The molecule has 0 aliphatic heterocycles. The molecule has 0 radical (unpaired) electrons. The van der Waals surface area contributed by atoms with E-state index in [0.29, 0.717) is 17.5 Å². The van der Waals surface area contributed by atoms with Crippen LogP contribution in [0.4, 0.5) is 4.39 Å². The van der Waals surface area contributed by atoms with E-state index in [1.54, 1.807) is 18.2 Å². The van der Waals surface area contributed by atoms with E-state index in [9.17, 15) is 9.18 Å². The number of halogens is 1. The molecule has 5 nitrogen and oxygen atoms in total. The first kappa shape index (κ1) is 17.2. The van der Waals surface area contributed by atoms with Gasteiger partial charge in [-0.05, 0) is 37.1 Å². The van der Waals surface area contributed by atoms with Crippen LogP contribution in [0.5, 0.6) is 0 Å². The van der Waals surface area contributed by atoms with Gasteiger partial charge in [-0.25, -0.2) is 9.37 Å². The third-order valence-electron chi connectivity index (χ3n) is 2.99. The largest absolute Gasteiger partial charge is 0.355 e. The number of carbonyl (C=O) groups is 1. The van der Waals surface area contributed by atoms with Crippen LogP contribution in [0, 0.1) is 5.82 Å². The molecule has 0 saturated heterocycles. The van der Waals surface area contributed by atoms with Gasteiger partial charge in [0.1, 0.15) is 11.6 Å². The Morgan fingerprint density at radius 3 is 2.83 bits per heavy atom. The second-order valence-electron chi connectivity index (χ2n) is 4.94. The third kappa shape index (κ3) is 5.52. The molecule has 0 spiro atoms. The first-order valence-electron chi connectivity index (χ1n) is 7.39. The number of hydrogen-bond donors (Lipinski definition) is 2. The first-order chi connectivity index (χ1) is 11.1. The number of benzene rings is 1. The molecule has 1 aromatic heterocycles. The Bertz CT molecular complexity index is 669. The quantitative estimate of drug-likeness (QED) is 0.763. The van der Waals surface area contributed by atoms with Gasteiger partial charge in [-0.2, -0.15) is 0 Å². The van der Waals surface area contributed by atoms with E-state index in [1.165, 1.54) is 23.9 Å². The molecule has 0 fully saturated rings. The van der Waals surface area contributed by atoms with Gasteiger partial charge in [0.15, 0.2) is 0 Å². The first-order valence-corrected chi connectivity index (χ1v) is 8.27. The number of nitrogens with one attached hydrogen (secondary N) is 2. The molecule has 122 valence electrons. The SMILES string of the molecule is CCCNC(=O)C(C)Sc1n[nH]c(C=Cc2ccc(F)cc2)n1. The van der Waals surface area contributed by atoms with Crippen LogP contribution in [0.3, 0.4) is 0 Å². The van der Waals surface area contributed by atoms with Crippen LogP contribution in [0.1, 0.15) is 31.7 Å². The molecule has 23 heavy (non-hydrogen) atoms. The van der Waals surface area contributed by atoms with Gasteiger partial charge in [0.2, 0.25) is 11.1 Å². The minimum atomic E-state index is -0.268. The van der Waals surface area contributed by atoms with Crippen LogP contribution in [0.2, 0.25) is 0 Å². The molecular formula is C16H19FN4OS. The van der Waals surface area contributed by atoms with E-state index in [1.807, 2.05) is 19.9 Å². The lowest BCUT2D eigenvalue weighted by Gasteiger charge is -2.08. The topological polar surface area (TPSA) is 70.7 Å². The van der Waals surface area contributed by atoms with E-state index >= 15 is 0 Å². The summed E-state index contributed by atoms with van der Waals surface area (Å²) in [7, 11) is 0. The molecule has 2 rings (SSSR count).